The molecule has 1 aromatic heterocycles. The molecule has 23 heavy (non-hydrogen) atoms. The van der Waals surface area contributed by atoms with Crippen LogP contribution in [0.5, 0.6) is 0 Å². The summed E-state index contributed by atoms with van der Waals surface area (Å²) in [7, 11) is 0. The molecule has 0 saturated carbocycles. The number of nitrogens with zero attached hydrogens (tertiary/aromatic N) is 2. The molecule has 6 nitrogen and oxygen atoms in total. The fourth-order valence-corrected chi connectivity index (χ4v) is 3.02. The predicted molar refractivity (Wildman–Crippen MR) is 87.2 cm³/mol. The fourth-order valence-electron chi connectivity index (χ4n) is 3.02. The van der Waals surface area contributed by atoms with Gasteiger partial charge in [0.05, 0.1) is 23.7 Å². The Morgan fingerprint density at radius 1 is 1.39 bits per heavy atom. The highest BCUT2D eigenvalue weighted by Gasteiger charge is 2.30. The second kappa shape index (κ2) is 6.24. The molecule has 1 atom stereocenters. The first-order chi connectivity index (χ1) is 11.1. The molecular weight excluding hydrogens is 294 g/mol. The Hall–Kier alpha value is -2.63. The van der Waals surface area contributed by atoms with Crippen molar-refractivity contribution in [3.8, 4) is 0 Å². The van der Waals surface area contributed by atoms with E-state index in [1.54, 1.807) is 13.1 Å². The third-order valence-corrected chi connectivity index (χ3v) is 4.15. The molecule has 6 heteroatoms. The van der Waals surface area contributed by atoms with Crippen LogP contribution in [0.2, 0.25) is 0 Å². The van der Waals surface area contributed by atoms with Crippen molar-refractivity contribution in [3.63, 3.8) is 0 Å². The van der Waals surface area contributed by atoms with E-state index < -0.39 is 5.97 Å². The van der Waals surface area contributed by atoms with Gasteiger partial charge in [-0.1, -0.05) is 18.2 Å². The van der Waals surface area contributed by atoms with E-state index in [4.69, 9.17) is 10.5 Å². The smallest absolute Gasteiger partial charge is 0.341 e. The SMILES string of the molecule is CCOC(=O)c1cnc2ccccc2c1N1CCC(C(N)=O)C1. The number of carbonyl (C=O) groups excluding carboxylic acids is 2. The lowest BCUT2D eigenvalue weighted by molar-refractivity contribution is -0.121. The number of pyridine rings is 1. The van der Waals surface area contributed by atoms with E-state index in [1.165, 1.54) is 0 Å². The van der Waals surface area contributed by atoms with Gasteiger partial charge in [0.25, 0.3) is 0 Å². The van der Waals surface area contributed by atoms with Gasteiger partial charge in [-0.15, -0.1) is 0 Å². The van der Waals surface area contributed by atoms with Crippen LogP contribution in [0.1, 0.15) is 23.7 Å². The maximum absolute atomic E-state index is 12.3. The lowest BCUT2D eigenvalue weighted by Gasteiger charge is -2.23. The molecule has 0 radical (unpaired) electrons. The van der Waals surface area contributed by atoms with Crippen LogP contribution in [0.4, 0.5) is 5.69 Å². The van der Waals surface area contributed by atoms with Gasteiger partial charge >= 0.3 is 5.97 Å². The molecule has 1 aliphatic heterocycles. The van der Waals surface area contributed by atoms with Crippen molar-refractivity contribution >= 4 is 28.5 Å². The summed E-state index contributed by atoms with van der Waals surface area (Å²) in [6.07, 6.45) is 2.24. The number of amides is 1. The number of benzene rings is 1. The van der Waals surface area contributed by atoms with Crippen LogP contribution in [-0.4, -0.2) is 36.6 Å². The monoisotopic (exact) mass is 313 g/mol. The highest BCUT2D eigenvalue weighted by atomic mass is 16.5. The molecule has 1 unspecified atom stereocenters. The Balaban J connectivity index is 2.10. The van der Waals surface area contributed by atoms with Gasteiger partial charge in [-0.25, -0.2) is 4.79 Å². The van der Waals surface area contributed by atoms with Gasteiger partial charge in [-0.2, -0.15) is 0 Å². The molecule has 3 rings (SSSR count). The van der Waals surface area contributed by atoms with Crippen molar-refractivity contribution < 1.29 is 14.3 Å². The Morgan fingerprint density at radius 3 is 2.87 bits per heavy atom. The van der Waals surface area contributed by atoms with Crippen LogP contribution < -0.4 is 10.6 Å². The van der Waals surface area contributed by atoms with Crippen LogP contribution >= 0.6 is 0 Å². The second-order valence-corrected chi connectivity index (χ2v) is 5.59. The number of primary amides is 1. The van der Waals surface area contributed by atoms with Crippen molar-refractivity contribution in [3.05, 3.63) is 36.0 Å². The Labute approximate surface area is 134 Å². The topological polar surface area (TPSA) is 85.5 Å². The number of hydrogen-bond acceptors (Lipinski definition) is 5. The van der Waals surface area contributed by atoms with E-state index in [0.717, 1.165) is 16.6 Å². The summed E-state index contributed by atoms with van der Waals surface area (Å²) in [5.41, 5.74) is 7.43. The highest BCUT2D eigenvalue weighted by Crippen LogP contribution is 2.33. The molecule has 2 aromatic rings. The zero-order chi connectivity index (χ0) is 16.4. The van der Waals surface area contributed by atoms with E-state index in [1.807, 2.05) is 29.2 Å². The van der Waals surface area contributed by atoms with E-state index in [9.17, 15) is 9.59 Å². The van der Waals surface area contributed by atoms with Crippen LogP contribution in [0.3, 0.4) is 0 Å². The van der Waals surface area contributed by atoms with E-state index in [2.05, 4.69) is 4.98 Å². The number of nitrogens with two attached hydrogens (primary N) is 1. The average molecular weight is 313 g/mol. The fraction of sp³-hybridized carbons (Fsp3) is 0.353. The summed E-state index contributed by atoms with van der Waals surface area (Å²) in [6.45, 7) is 3.25. The van der Waals surface area contributed by atoms with Gasteiger partial charge in [0.15, 0.2) is 0 Å². The number of aromatic nitrogens is 1. The third kappa shape index (κ3) is 2.84. The first-order valence-corrected chi connectivity index (χ1v) is 7.71. The van der Waals surface area contributed by atoms with Gasteiger partial charge in [0.1, 0.15) is 5.56 Å². The third-order valence-electron chi connectivity index (χ3n) is 4.15. The largest absolute Gasteiger partial charge is 0.462 e. The average Bonchev–Trinajstić information content (AvgIpc) is 3.04. The summed E-state index contributed by atoms with van der Waals surface area (Å²) in [4.78, 5) is 30.1. The van der Waals surface area contributed by atoms with Crippen molar-refractivity contribution in [2.45, 2.75) is 13.3 Å². The molecule has 1 aromatic carbocycles. The molecule has 1 aliphatic rings. The summed E-state index contributed by atoms with van der Waals surface area (Å²) < 4.78 is 5.15. The van der Waals surface area contributed by atoms with Gasteiger partial charge in [-0.3, -0.25) is 9.78 Å². The van der Waals surface area contributed by atoms with Crippen molar-refractivity contribution in [2.24, 2.45) is 11.7 Å². The Morgan fingerprint density at radius 2 is 2.17 bits per heavy atom. The van der Waals surface area contributed by atoms with Crippen LogP contribution in [0.25, 0.3) is 10.9 Å². The zero-order valence-electron chi connectivity index (χ0n) is 13.0. The Bertz CT molecular complexity index is 760. The van der Waals surface area contributed by atoms with E-state index in [0.29, 0.717) is 31.7 Å². The maximum atomic E-state index is 12.3. The minimum Gasteiger partial charge on any atom is -0.462 e. The molecule has 2 N–H and O–H groups in total. The number of esters is 1. The minimum atomic E-state index is -0.400. The van der Waals surface area contributed by atoms with E-state index >= 15 is 0 Å². The predicted octanol–water partition coefficient (Wildman–Crippen LogP) is 1.72. The number of carbonyl (C=O) groups is 2. The number of rotatable bonds is 4. The molecule has 0 spiro atoms. The molecule has 120 valence electrons. The molecule has 2 heterocycles. The number of fused-ring (bicyclic) bond motifs is 1. The number of hydrogen-bond donors (Lipinski definition) is 1. The van der Waals surface area contributed by atoms with Crippen LogP contribution in [0.15, 0.2) is 30.5 Å². The van der Waals surface area contributed by atoms with E-state index in [-0.39, 0.29) is 11.8 Å². The minimum absolute atomic E-state index is 0.197. The molecule has 1 saturated heterocycles. The quantitative estimate of drug-likeness (QED) is 0.869. The summed E-state index contributed by atoms with van der Waals surface area (Å²) in [6, 6.07) is 7.64. The summed E-state index contributed by atoms with van der Waals surface area (Å²) in [5, 5.41) is 0.878. The number of para-hydroxylation sites is 1. The summed E-state index contributed by atoms with van der Waals surface area (Å²) in [5.74, 6) is -0.899. The van der Waals surface area contributed by atoms with Gasteiger partial charge in [-0.05, 0) is 19.4 Å². The van der Waals surface area contributed by atoms with Gasteiger partial charge in [0, 0.05) is 24.7 Å². The number of ether oxygens (including phenoxy) is 1. The molecule has 1 fully saturated rings. The molecule has 0 bridgehead atoms. The molecule has 0 aliphatic carbocycles. The summed E-state index contributed by atoms with van der Waals surface area (Å²) >= 11 is 0. The van der Waals surface area contributed by atoms with Crippen molar-refractivity contribution in [1.29, 1.82) is 0 Å². The normalized spacial score (nSPS) is 17.4. The van der Waals surface area contributed by atoms with Crippen LogP contribution in [0, 0.1) is 5.92 Å². The molecular formula is C17H19N3O3. The standard InChI is InChI=1S/C17H19N3O3/c1-2-23-17(22)13-9-19-14-6-4-3-5-12(14)15(13)20-8-7-11(10-20)16(18)21/h3-6,9,11H,2,7-8,10H2,1H3,(H2,18,21). The first kappa shape index (κ1) is 15.3. The van der Waals surface area contributed by atoms with Gasteiger partial charge in [0.2, 0.25) is 5.91 Å². The van der Waals surface area contributed by atoms with Crippen LogP contribution in [-0.2, 0) is 9.53 Å². The lowest BCUT2D eigenvalue weighted by atomic mass is 10.1. The van der Waals surface area contributed by atoms with Crippen molar-refractivity contribution in [2.75, 3.05) is 24.6 Å². The first-order valence-electron chi connectivity index (χ1n) is 7.71. The highest BCUT2D eigenvalue weighted by molar-refractivity contribution is 6.05. The maximum Gasteiger partial charge on any atom is 0.341 e. The van der Waals surface area contributed by atoms with Gasteiger partial charge < -0.3 is 15.4 Å². The lowest BCUT2D eigenvalue weighted by Crippen LogP contribution is -2.28. The van der Waals surface area contributed by atoms with Crippen molar-refractivity contribution in [1.82, 2.24) is 4.98 Å². The molecule has 1 amide bonds. The zero-order valence-corrected chi connectivity index (χ0v) is 13.0. The Kier molecular flexibility index (Phi) is 4.14. The number of anilines is 1. The second-order valence-electron chi connectivity index (χ2n) is 5.59.